The van der Waals surface area contributed by atoms with Crippen LogP contribution in [0.3, 0.4) is 0 Å². The fourth-order valence-corrected chi connectivity index (χ4v) is 5.86. The number of carbonyl (C=O) groups is 1. The van der Waals surface area contributed by atoms with E-state index in [2.05, 4.69) is 10.3 Å². The summed E-state index contributed by atoms with van der Waals surface area (Å²) in [5.74, 6) is -1.60. The van der Waals surface area contributed by atoms with Crippen LogP contribution in [0, 0.1) is 17.6 Å². The van der Waals surface area contributed by atoms with Gasteiger partial charge in [-0.2, -0.15) is 4.31 Å². The Morgan fingerprint density at radius 3 is 2.70 bits per heavy atom. The number of piperidine rings is 1. The summed E-state index contributed by atoms with van der Waals surface area (Å²) in [6.45, 7) is 0.356. The molecule has 0 spiro atoms. The van der Waals surface area contributed by atoms with Gasteiger partial charge in [0.25, 0.3) is 0 Å². The molecule has 1 saturated heterocycles. The molecule has 0 radical (unpaired) electrons. The number of nitrogens with one attached hydrogen (secondary N) is 1. The van der Waals surface area contributed by atoms with Crippen molar-refractivity contribution in [1.82, 2.24) is 9.29 Å². The molecule has 1 aliphatic rings. The number of amides is 1. The van der Waals surface area contributed by atoms with Crippen molar-refractivity contribution in [2.45, 2.75) is 17.7 Å². The van der Waals surface area contributed by atoms with E-state index in [1.165, 1.54) is 28.9 Å². The summed E-state index contributed by atoms with van der Waals surface area (Å²) in [5.41, 5.74) is 0.209. The Morgan fingerprint density at radius 1 is 1.21 bits per heavy atom. The number of hydrogen-bond acceptors (Lipinski definition) is 6. The smallest absolute Gasteiger partial charge is 0.243 e. The molecule has 1 fully saturated rings. The van der Waals surface area contributed by atoms with Crippen molar-refractivity contribution in [3.8, 4) is 17.0 Å². The lowest BCUT2D eigenvalue weighted by Crippen LogP contribution is -2.43. The van der Waals surface area contributed by atoms with Crippen molar-refractivity contribution in [2.75, 3.05) is 25.5 Å². The van der Waals surface area contributed by atoms with Crippen molar-refractivity contribution >= 4 is 32.4 Å². The van der Waals surface area contributed by atoms with E-state index in [9.17, 15) is 22.0 Å². The van der Waals surface area contributed by atoms with E-state index < -0.39 is 27.6 Å². The number of aromatic nitrogens is 1. The molecule has 1 atom stereocenters. The topological polar surface area (TPSA) is 88.6 Å². The summed E-state index contributed by atoms with van der Waals surface area (Å²) in [6.07, 6.45) is 1.06. The highest BCUT2D eigenvalue weighted by molar-refractivity contribution is 7.89. The van der Waals surface area contributed by atoms with Crippen LogP contribution in [0.4, 0.5) is 13.9 Å². The second-order valence-electron chi connectivity index (χ2n) is 7.53. The van der Waals surface area contributed by atoms with E-state index in [4.69, 9.17) is 4.74 Å². The Bertz CT molecular complexity index is 1260. The molecule has 1 amide bonds. The van der Waals surface area contributed by atoms with Gasteiger partial charge < -0.3 is 10.1 Å². The van der Waals surface area contributed by atoms with Gasteiger partial charge in [0.05, 0.1) is 23.6 Å². The Labute approximate surface area is 194 Å². The molecule has 11 heteroatoms. The van der Waals surface area contributed by atoms with Gasteiger partial charge in [0.1, 0.15) is 17.4 Å². The molecule has 0 bridgehead atoms. The summed E-state index contributed by atoms with van der Waals surface area (Å²) in [4.78, 5) is 17.1. The van der Waals surface area contributed by atoms with Gasteiger partial charge in [0.15, 0.2) is 5.13 Å². The minimum atomic E-state index is -3.76. The Hall–Kier alpha value is -2.89. The maximum Gasteiger partial charge on any atom is 0.243 e. The van der Waals surface area contributed by atoms with Gasteiger partial charge in [-0.05, 0) is 55.3 Å². The summed E-state index contributed by atoms with van der Waals surface area (Å²) in [6, 6.07) is 9.16. The Morgan fingerprint density at radius 2 is 1.97 bits per heavy atom. The number of ether oxygens (including phenoxy) is 1. The Balaban J connectivity index is 1.45. The number of benzene rings is 2. The molecule has 3 aromatic rings. The van der Waals surface area contributed by atoms with Crippen LogP contribution in [0.25, 0.3) is 11.3 Å². The largest absolute Gasteiger partial charge is 0.497 e. The highest BCUT2D eigenvalue weighted by Gasteiger charge is 2.33. The number of carbonyl (C=O) groups excluding carboxylic acids is 1. The Kier molecular flexibility index (Phi) is 6.73. The SMILES string of the molecule is COc1ccc(S(=O)(=O)N2CCCC(C(=O)Nc3nc(-c4cc(F)ccc4F)cs3)C2)cc1. The molecule has 1 aliphatic heterocycles. The molecule has 174 valence electrons. The van der Waals surface area contributed by atoms with Crippen molar-refractivity contribution in [1.29, 1.82) is 0 Å². The van der Waals surface area contributed by atoms with E-state index in [0.717, 1.165) is 29.5 Å². The van der Waals surface area contributed by atoms with E-state index in [-0.39, 0.29) is 33.7 Å². The van der Waals surface area contributed by atoms with Crippen LogP contribution in [0.5, 0.6) is 5.75 Å². The number of halogens is 2. The van der Waals surface area contributed by atoms with Crippen LogP contribution in [-0.2, 0) is 14.8 Å². The molecule has 2 heterocycles. The van der Waals surface area contributed by atoms with Crippen LogP contribution in [0.2, 0.25) is 0 Å². The second-order valence-corrected chi connectivity index (χ2v) is 10.3. The van der Waals surface area contributed by atoms with E-state index in [1.54, 1.807) is 12.1 Å². The van der Waals surface area contributed by atoms with E-state index in [0.29, 0.717) is 25.1 Å². The lowest BCUT2D eigenvalue weighted by molar-refractivity contribution is -0.120. The summed E-state index contributed by atoms with van der Waals surface area (Å²) >= 11 is 1.08. The first-order valence-corrected chi connectivity index (χ1v) is 12.5. The van der Waals surface area contributed by atoms with Gasteiger partial charge in [-0.3, -0.25) is 4.79 Å². The molecular weight excluding hydrogens is 472 g/mol. The number of rotatable bonds is 6. The lowest BCUT2D eigenvalue weighted by atomic mass is 9.99. The van der Waals surface area contributed by atoms with Gasteiger partial charge in [-0.1, -0.05) is 0 Å². The van der Waals surface area contributed by atoms with Crippen molar-refractivity contribution in [3.63, 3.8) is 0 Å². The average Bonchev–Trinajstić information content (AvgIpc) is 3.29. The average molecular weight is 494 g/mol. The third kappa shape index (κ3) is 5.05. The molecule has 2 aromatic carbocycles. The van der Waals surface area contributed by atoms with Crippen LogP contribution >= 0.6 is 11.3 Å². The van der Waals surface area contributed by atoms with Crippen molar-refractivity contribution < 1.29 is 26.7 Å². The van der Waals surface area contributed by atoms with Gasteiger partial charge >= 0.3 is 0 Å². The lowest BCUT2D eigenvalue weighted by Gasteiger charge is -2.31. The molecule has 0 saturated carbocycles. The molecule has 1 N–H and O–H groups in total. The molecule has 7 nitrogen and oxygen atoms in total. The summed E-state index contributed by atoms with van der Waals surface area (Å²) in [7, 11) is -2.26. The molecule has 0 aliphatic carbocycles. The maximum absolute atomic E-state index is 14.0. The zero-order valence-corrected chi connectivity index (χ0v) is 19.3. The minimum Gasteiger partial charge on any atom is -0.497 e. The van der Waals surface area contributed by atoms with Gasteiger partial charge in [0.2, 0.25) is 15.9 Å². The first kappa shape index (κ1) is 23.3. The van der Waals surface area contributed by atoms with Crippen LogP contribution in [-0.4, -0.2) is 43.8 Å². The van der Waals surface area contributed by atoms with E-state index >= 15 is 0 Å². The standard InChI is InChI=1S/C22H21F2N3O4S2/c1-31-16-5-7-17(8-6-16)33(29,30)27-10-2-3-14(12-27)21(28)26-22-25-20(13-32-22)18-11-15(23)4-9-19(18)24/h4-9,11,13-14H,2-3,10,12H2,1H3,(H,25,26,28). The minimum absolute atomic E-state index is 0.00109. The highest BCUT2D eigenvalue weighted by Crippen LogP contribution is 2.29. The third-order valence-electron chi connectivity index (χ3n) is 5.39. The first-order valence-electron chi connectivity index (χ1n) is 10.1. The second kappa shape index (κ2) is 9.54. The summed E-state index contributed by atoms with van der Waals surface area (Å²) < 4.78 is 59.9. The van der Waals surface area contributed by atoms with Crippen molar-refractivity contribution in [2.24, 2.45) is 5.92 Å². The number of hydrogen-bond donors (Lipinski definition) is 1. The number of nitrogens with zero attached hydrogens (tertiary/aromatic N) is 2. The fraction of sp³-hybridized carbons (Fsp3) is 0.273. The predicted molar refractivity (Wildman–Crippen MR) is 121 cm³/mol. The number of sulfonamides is 1. The van der Waals surface area contributed by atoms with Gasteiger partial charge in [0, 0.05) is 24.0 Å². The molecule has 4 rings (SSSR count). The van der Waals surface area contributed by atoms with E-state index in [1.807, 2.05) is 0 Å². The quantitative estimate of drug-likeness (QED) is 0.558. The van der Waals surface area contributed by atoms with Crippen LogP contribution < -0.4 is 10.1 Å². The van der Waals surface area contributed by atoms with Crippen molar-refractivity contribution in [3.05, 3.63) is 59.5 Å². The maximum atomic E-state index is 14.0. The molecule has 1 aromatic heterocycles. The van der Waals surface area contributed by atoms with Gasteiger partial charge in [-0.15, -0.1) is 11.3 Å². The molecular formula is C22H21F2N3O4S2. The normalized spacial score (nSPS) is 17.0. The molecule has 33 heavy (non-hydrogen) atoms. The van der Waals surface area contributed by atoms with Gasteiger partial charge in [-0.25, -0.2) is 22.2 Å². The molecule has 1 unspecified atom stereocenters. The first-order chi connectivity index (χ1) is 15.8. The zero-order valence-electron chi connectivity index (χ0n) is 17.6. The van der Waals surface area contributed by atoms with Crippen LogP contribution in [0.15, 0.2) is 52.7 Å². The number of anilines is 1. The highest BCUT2D eigenvalue weighted by atomic mass is 32.2. The zero-order chi connectivity index (χ0) is 23.6. The predicted octanol–water partition coefficient (Wildman–Crippen LogP) is 4.14. The summed E-state index contributed by atoms with van der Waals surface area (Å²) in [5, 5.41) is 4.43. The number of methoxy groups -OCH3 is 1. The monoisotopic (exact) mass is 493 g/mol. The third-order valence-corrected chi connectivity index (χ3v) is 8.03. The van der Waals surface area contributed by atoms with Crippen LogP contribution in [0.1, 0.15) is 12.8 Å². The number of thiazole rings is 1. The fourth-order valence-electron chi connectivity index (χ4n) is 3.63.